The van der Waals surface area contributed by atoms with E-state index in [-0.39, 0.29) is 6.03 Å². The van der Waals surface area contributed by atoms with Crippen molar-refractivity contribution in [3.63, 3.8) is 0 Å². The lowest BCUT2D eigenvalue weighted by atomic mass is 9.87. The molecule has 3 aliphatic rings. The maximum Gasteiger partial charge on any atom is 0.327 e. The van der Waals surface area contributed by atoms with Gasteiger partial charge < -0.3 is 29.5 Å². The Morgan fingerprint density at radius 2 is 2.27 bits per heavy atom. The molecule has 0 aliphatic carbocycles. The Bertz CT molecular complexity index is 663. The van der Waals surface area contributed by atoms with Gasteiger partial charge in [0.15, 0.2) is 6.23 Å². The number of hydrogen-bond acceptors (Lipinski definition) is 7. The van der Waals surface area contributed by atoms with Crippen molar-refractivity contribution in [2.75, 3.05) is 20.8 Å². The van der Waals surface area contributed by atoms with E-state index in [1.165, 1.54) is 16.9 Å². The first-order valence-electron chi connectivity index (χ1n) is 8.51. The summed E-state index contributed by atoms with van der Waals surface area (Å²) in [6.07, 6.45) is 0.464. The smallest absolute Gasteiger partial charge is 0.327 e. The van der Waals surface area contributed by atoms with E-state index in [1.807, 2.05) is 13.8 Å². The van der Waals surface area contributed by atoms with E-state index in [9.17, 15) is 9.69 Å². The molecule has 0 aromatic carbocycles. The molecular formula is C15H26N3O6PS. The van der Waals surface area contributed by atoms with Gasteiger partial charge in [0.2, 0.25) is 0 Å². The SMILES string of the molecule is CC[C@]12CCO[C@@H](C1OP(O)(=S)OC)[C@H](N1C=C(C)C(N)N(C)C1=O)O2. The minimum atomic E-state index is -3.42. The van der Waals surface area contributed by atoms with Crippen LogP contribution in [0.1, 0.15) is 26.7 Å². The van der Waals surface area contributed by atoms with Crippen LogP contribution in [0.3, 0.4) is 0 Å². The maximum absolute atomic E-state index is 12.8. The Balaban J connectivity index is 1.95. The number of carbonyl (C=O) groups is 1. The van der Waals surface area contributed by atoms with E-state index in [2.05, 4.69) is 0 Å². The number of fused-ring (bicyclic) bond motifs is 2. The molecule has 0 aromatic rings. The van der Waals surface area contributed by atoms with Crippen LogP contribution in [0.5, 0.6) is 0 Å². The van der Waals surface area contributed by atoms with Gasteiger partial charge in [0.05, 0.1) is 6.61 Å². The molecule has 3 heterocycles. The number of urea groups is 1. The fourth-order valence-electron chi connectivity index (χ4n) is 3.72. The average Bonchev–Trinajstić information content (AvgIpc) is 2.78. The molecule has 148 valence electrons. The van der Waals surface area contributed by atoms with E-state index in [0.717, 1.165) is 5.57 Å². The third-order valence-corrected chi connectivity index (χ3v) is 7.05. The van der Waals surface area contributed by atoms with Gasteiger partial charge in [0.25, 0.3) is 0 Å². The summed E-state index contributed by atoms with van der Waals surface area (Å²) in [4.78, 5) is 25.9. The number of ether oxygens (including phenoxy) is 2. The van der Waals surface area contributed by atoms with E-state index < -0.39 is 36.9 Å². The Hall–Kier alpha value is -0.580. The lowest BCUT2D eigenvalue weighted by Crippen LogP contribution is -2.57. The summed E-state index contributed by atoms with van der Waals surface area (Å²) in [6.45, 7) is 0.864. The molecule has 2 bridgehead atoms. The predicted octanol–water partition coefficient (Wildman–Crippen LogP) is 1.08. The number of hydrogen-bond donors (Lipinski definition) is 2. The molecule has 3 N–H and O–H groups in total. The molecule has 26 heavy (non-hydrogen) atoms. The number of nitrogens with two attached hydrogens (primary N) is 1. The highest BCUT2D eigenvalue weighted by Gasteiger charge is 2.61. The van der Waals surface area contributed by atoms with Crippen LogP contribution >= 0.6 is 6.72 Å². The average molecular weight is 407 g/mol. The molecule has 2 amide bonds. The molecule has 0 aromatic heterocycles. The minimum absolute atomic E-state index is 0.288. The third-order valence-electron chi connectivity index (χ3n) is 5.39. The second kappa shape index (κ2) is 7.10. The summed E-state index contributed by atoms with van der Waals surface area (Å²) < 4.78 is 22.9. The van der Waals surface area contributed by atoms with Crippen LogP contribution in [-0.4, -0.2) is 71.7 Å². The van der Waals surface area contributed by atoms with E-state index in [0.29, 0.717) is 19.4 Å². The lowest BCUT2D eigenvalue weighted by molar-refractivity contribution is -0.119. The minimum Gasteiger partial charge on any atom is -0.371 e. The monoisotopic (exact) mass is 407 g/mol. The molecule has 0 spiro atoms. The second-order valence-corrected chi connectivity index (χ2v) is 9.71. The fraction of sp³-hybridized carbons (Fsp3) is 0.800. The lowest BCUT2D eigenvalue weighted by Gasteiger charge is -2.39. The molecule has 2 saturated heterocycles. The summed E-state index contributed by atoms with van der Waals surface area (Å²) in [5.41, 5.74) is 6.13. The number of likely N-dealkylation sites (N-methyl/N-ethyl adjacent to an activating group) is 1. The number of amides is 2. The zero-order valence-corrected chi connectivity index (χ0v) is 17.0. The number of carbonyl (C=O) groups excluding carboxylic acids is 1. The first-order valence-corrected chi connectivity index (χ1v) is 11.1. The van der Waals surface area contributed by atoms with Gasteiger partial charge in [-0.3, -0.25) is 9.42 Å². The van der Waals surface area contributed by atoms with Gasteiger partial charge in [-0.1, -0.05) is 6.92 Å². The Labute approximate surface area is 158 Å². The van der Waals surface area contributed by atoms with Crippen molar-refractivity contribution in [3.8, 4) is 0 Å². The summed E-state index contributed by atoms with van der Waals surface area (Å²) in [5, 5.41) is 0. The van der Waals surface area contributed by atoms with Gasteiger partial charge >= 0.3 is 12.7 Å². The first kappa shape index (κ1) is 20.2. The molecule has 11 heteroatoms. The van der Waals surface area contributed by atoms with Crippen molar-refractivity contribution in [3.05, 3.63) is 11.8 Å². The number of rotatable bonds is 5. The second-order valence-electron chi connectivity index (χ2n) is 6.81. The normalized spacial score (nSPS) is 39.8. The van der Waals surface area contributed by atoms with Crippen LogP contribution in [0.15, 0.2) is 11.8 Å². The molecular weight excluding hydrogens is 381 g/mol. The molecule has 6 atom stereocenters. The third kappa shape index (κ3) is 3.22. The van der Waals surface area contributed by atoms with Crippen molar-refractivity contribution < 1.29 is 28.2 Å². The Kier molecular flexibility index (Phi) is 5.51. The topological polar surface area (TPSA) is 107 Å². The van der Waals surface area contributed by atoms with Crippen LogP contribution in [0, 0.1) is 0 Å². The van der Waals surface area contributed by atoms with E-state index in [4.69, 9.17) is 36.1 Å². The van der Waals surface area contributed by atoms with Crippen molar-refractivity contribution in [2.24, 2.45) is 5.73 Å². The standard InChI is InChI=1S/C15H26N3O6PS/c1-5-15-6-7-22-10(11(15)24-25(20,26)21-4)13(23-15)18-8-9(2)12(16)17(3)14(18)19/h8,10-13H,5-7,16H2,1-4H3,(H,20,26)/t10-,11?,12?,13+,15-,25?/m0/s1. The predicted molar refractivity (Wildman–Crippen MR) is 97.4 cm³/mol. The van der Waals surface area contributed by atoms with Gasteiger partial charge in [0.1, 0.15) is 24.0 Å². The van der Waals surface area contributed by atoms with Crippen LogP contribution < -0.4 is 5.73 Å². The molecule has 9 nitrogen and oxygen atoms in total. The van der Waals surface area contributed by atoms with Crippen LogP contribution in [0.2, 0.25) is 0 Å². The maximum atomic E-state index is 12.8. The van der Waals surface area contributed by atoms with Gasteiger partial charge in [-0.25, -0.2) is 4.79 Å². The van der Waals surface area contributed by atoms with Gasteiger partial charge in [0, 0.05) is 26.8 Å². The zero-order chi connectivity index (χ0) is 19.3. The Morgan fingerprint density at radius 3 is 2.88 bits per heavy atom. The summed E-state index contributed by atoms with van der Waals surface area (Å²) >= 11 is 5.02. The van der Waals surface area contributed by atoms with Crippen molar-refractivity contribution in [1.82, 2.24) is 9.80 Å². The van der Waals surface area contributed by atoms with E-state index >= 15 is 0 Å². The quantitative estimate of drug-likeness (QED) is 0.652. The molecule has 2 fully saturated rings. The molecule has 0 saturated carbocycles. The Morgan fingerprint density at radius 1 is 1.58 bits per heavy atom. The summed E-state index contributed by atoms with van der Waals surface area (Å²) in [6, 6.07) is -0.288. The summed E-state index contributed by atoms with van der Waals surface area (Å²) in [7, 11) is 2.94. The van der Waals surface area contributed by atoms with Crippen molar-refractivity contribution in [1.29, 1.82) is 0 Å². The summed E-state index contributed by atoms with van der Waals surface area (Å²) in [5.74, 6) is 0. The van der Waals surface area contributed by atoms with Gasteiger partial charge in [-0.15, -0.1) is 0 Å². The first-order chi connectivity index (χ1) is 12.2. The highest BCUT2D eigenvalue weighted by molar-refractivity contribution is 8.07. The van der Waals surface area contributed by atoms with Crippen LogP contribution in [-0.2, 0) is 30.3 Å². The highest BCUT2D eigenvalue weighted by atomic mass is 32.5. The van der Waals surface area contributed by atoms with Crippen LogP contribution in [0.4, 0.5) is 4.79 Å². The van der Waals surface area contributed by atoms with Gasteiger partial charge in [-0.05, 0) is 30.7 Å². The highest BCUT2D eigenvalue weighted by Crippen LogP contribution is 2.53. The molecule has 3 rings (SSSR count). The van der Waals surface area contributed by atoms with Crippen molar-refractivity contribution in [2.45, 2.75) is 56.9 Å². The molecule has 3 unspecified atom stereocenters. The molecule has 3 aliphatic heterocycles. The van der Waals surface area contributed by atoms with Crippen LogP contribution in [0.25, 0.3) is 0 Å². The zero-order valence-electron chi connectivity index (χ0n) is 15.3. The van der Waals surface area contributed by atoms with Crippen molar-refractivity contribution >= 4 is 24.6 Å². The largest absolute Gasteiger partial charge is 0.371 e. The molecule has 0 radical (unpaired) electrons. The fourth-order valence-corrected chi connectivity index (χ4v) is 4.68. The number of nitrogens with zero attached hydrogens (tertiary/aromatic N) is 2. The van der Waals surface area contributed by atoms with E-state index in [1.54, 1.807) is 13.2 Å². The van der Waals surface area contributed by atoms with Gasteiger partial charge in [-0.2, -0.15) is 0 Å².